The van der Waals surface area contributed by atoms with E-state index in [1.165, 1.54) is 18.9 Å². The molecular formula is C49H45Cl3N4O9S2. The maximum Gasteiger partial charge on any atom is 0.328 e. The summed E-state index contributed by atoms with van der Waals surface area (Å²) in [5.74, 6) is -0.250. The molecule has 3 heterocycles. The topological polar surface area (TPSA) is 154 Å². The van der Waals surface area contributed by atoms with Crippen LogP contribution in [0.3, 0.4) is 0 Å². The lowest BCUT2D eigenvalue weighted by atomic mass is 9.94. The van der Waals surface area contributed by atoms with Crippen molar-refractivity contribution in [3.63, 3.8) is 0 Å². The highest BCUT2D eigenvalue weighted by Crippen LogP contribution is 2.42. The van der Waals surface area contributed by atoms with Crippen molar-refractivity contribution in [3.05, 3.63) is 151 Å². The number of halogens is 3. The van der Waals surface area contributed by atoms with Crippen molar-refractivity contribution in [2.75, 3.05) is 25.2 Å². The van der Waals surface area contributed by atoms with Crippen LogP contribution in [0.25, 0.3) is 11.1 Å². The third-order valence-corrected chi connectivity index (χ3v) is 15.6. The molecule has 0 fully saturated rings. The molecule has 13 nitrogen and oxygen atoms in total. The Bertz CT molecular complexity index is 2930. The molecule has 6 aromatic rings. The van der Waals surface area contributed by atoms with Crippen molar-refractivity contribution in [2.45, 2.75) is 70.0 Å². The minimum Gasteiger partial charge on any atom is -0.489 e. The molecule has 1 N–H and O–H groups in total. The highest BCUT2D eigenvalue weighted by atomic mass is 35.5. The summed E-state index contributed by atoms with van der Waals surface area (Å²) in [7, 11) is -3.30. The number of hydrogen-bond acceptors (Lipinski definition) is 11. The molecule has 0 bridgehead atoms. The number of nitrogens with one attached hydrogen (secondary N) is 1. The van der Waals surface area contributed by atoms with Crippen LogP contribution in [0.2, 0.25) is 15.1 Å². The predicted octanol–water partition coefficient (Wildman–Crippen LogP) is 9.56. The second-order valence-corrected chi connectivity index (χ2v) is 20.2. The number of thiazole rings is 1. The minimum atomic E-state index is -4.52. The summed E-state index contributed by atoms with van der Waals surface area (Å²) in [6.07, 6.45) is -0.506. The summed E-state index contributed by atoms with van der Waals surface area (Å²) >= 11 is 19.4. The number of carbonyl (C=O) groups excluding carboxylic acids is 3. The van der Waals surface area contributed by atoms with E-state index in [2.05, 4.69) is 10.3 Å². The molecule has 18 heteroatoms. The van der Waals surface area contributed by atoms with Gasteiger partial charge in [0.2, 0.25) is 11.8 Å². The molecule has 0 aliphatic carbocycles. The summed E-state index contributed by atoms with van der Waals surface area (Å²) < 4.78 is 54.7. The molecule has 0 saturated carbocycles. The summed E-state index contributed by atoms with van der Waals surface area (Å²) in [4.78, 5) is 46.5. The number of sulfonamides is 1. The predicted molar refractivity (Wildman–Crippen MR) is 258 cm³/mol. The number of methoxy groups -OCH3 is 1. The summed E-state index contributed by atoms with van der Waals surface area (Å²) in [5.41, 5.74) is 5.54. The molecule has 2 aliphatic heterocycles. The van der Waals surface area contributed by atoms with Crippen molar-refractivity contribution in [3.8, 4) is 28.4 Å². The second-order valence-electron chi connectivity index (χ2n) is 16.0. The van der Waals surface area contributed by atoms with Crippen LogP contribution >= 0.6 is 46.1 Å². The fourth-order valence-electron chi connectivity index (χ4n) is 7.98. The number of fused-ring (bicyclic) bond motifs is 2. The van der Waals surface area contributed by atoms with Crippen molar-refractivity contribution >= 4 is 79.1 Å². The summed E-state index contributed by atoms with van der Waals surface area (Å²) in [5, 5.41) is 4.28. The van der Waals surface area contributed by atoms with Crippen LogP contribution in [0, 0.1) is 6.92 Å². The molecule has 1 aromatic heterocycles. The van der Waals surface area contributed by atoms with Gasteiger partial charge in [0, 0.05) is 36.3 Å². The quantitative estimate of drug-likeness (QED) is 0.104. The minimum absolute atomic E-state index is 0.0656. The first-order valence-electron chi connectivity index (χ1n) is 21.2. The Morgan fingerprint density at radius 1 is 0.896 bits per heavy atom. The van der Waals surface area contributed by atoms with Gasteiger partial charge in [-0.3, -0.25) is 14.5 Å². The Morgan fingerprint density at radius 2 is 1.57 bits per heavy atom. The van der Waals surface area contributed by atoms with Gasteiger partial charge >= 0.3 is 5.97 Å². The van der Waals surface area contributed by atoms with Gasteiger partial charge in [0.05, 0.1) is 17.2 Å². The van der Waals surface area contributed by atoms with Gasteiger partial charge in [-0.1, -0.05) is 89.4 Å². The van der Waals surface area contributed by atoms with Gasteiger partial charge in [-0.05, 0) is 108 Å². The first-order chi connectivity index (χ1) is 32.1. The zero-order valence-electron chi connectivity index (χ0n) is 36.8. The number of anilines is 1. The van der Waals surface area contributed by atoms with E-state index in [9.17, 15) is 22.8 Å². The Balaban J connectivity index is 1.05. The molecular weight excluding hydrogens is 959 g/mol. The largest absolute Gasteiger partial charge is 0.489 e. The Labute approximate surface area is 407 Å². The maximum atomic E-state index is 14.9. The van der Waals surface area contributed by atoms with E-state index in [0.717, 1.165) is 43.5 Å². The van der Waals surface area contributed by atoms with Gasteiger partial charge < -0.3 is 24.3 Å². The molecule has 3 atom stereocenters. The van der Waals surface area contributed by atoms with Crippen LogP contribution in [-0.4, -0.2) is 67.8 Å². The number of rotatable bonds is 14. The number of hydrogen-bond donors (Lipinski definition) is 1. The second kappa shape index (κ2) is 20.3. The molecule has 0 spiro atoms. The van der Waals surface area contributed by atoms with Gasteiger partial charge in [0.25, 0.3) is 10.0 Å². The molecule has 67 heavy (non-hydrogen) atoms. The van der Waals surface area contributed by atoms with Gasteiger partial charge in [0.1, 0.15) is 31.0 Å². The van der Waals surface area contributed by atoms with Crippen molar-refractivity contribution in [2.24, 2.45) is 0 Å². The Morgan fingerprint density at radius 3 is 2.22 bits per heavy atom. The first-order valence-corrected chi connectivity index (χ1v) is 24.6. The molecule has 0 radical (unpaired) electrons. The Kier molecular flexibility index (Phi) is 14.5. The highest BCUT2D eigenvalue weighted by molar-refractivity contribution is 7.89. The number of nitrogens with zero attached hydrogens (tertiary/aromatic N) is 3. The van der Waals surface area contributed by atoms with Crippen LogP contribution in [0.5, 0.6) is 17.2 Å². The smallest absolute Gasteiger partial charge is 0.328 e. The van der Waals surface area contributed by atoms with Gasteiger partial charge in [0.15, 0.2) is 27.8 Å². The van der Waals surface area contributed by atoms with Gasteiger partial charge in [-0.2, -0.15) is 4.31 Å². The Hall–Kier alpha value is -5.68. The fraction of sp³-hybridized carbons (Fsp3) is 0.265. The molecule has 5 aromatic carbocycles. The van der Waals surface area contributed by atoms with E-state index < -0.39 is 40.1 Å². The van der Waals surface area contributed by atoms with Crippen molar-refractivity contribution in [1.82, 2.24) is 14.6 Å². The summed E-state index contributed by atoms with van der Waals surface area (Å²) in [6, 6.07) is 28.7. The lowest BCUT2D eigenvalue weighted by Crippen LogP contribution is -2.56. The van der Waals surface area contributed by atoms with Crippen LogP contribution in [-0.2, 0) is 55.1 Å². The number of amides is 2. The van der Waals surface area contributed by atoms with Crippen molar-refractivity contribution in [1.29, 1.82) is 0 Å². The third kappa shape index (κ3) is 10.6. The van der Waals surface area contributed by atoms with Crippen molar-refractivity contribution < 1.29 is 41.7 Å². The lowest BCUT2D eigenvalue weighted by Gasteiger charge is -2.36. The molecule has 0 saturated heterocycles. The van der Waals surface area contributed by atoms with Crippen LogP contribution in [0.15, 0.2) is 108 Å². The van der Waals surface area contributed by atoms with Gasteiger partial charge in [-0.25, -0.2) is 18.2 Å². The van der Waals surface area contributed by atoms with Crippen LogP contribution in [0.1, 0.15) is 52.6 Å². The molecule has 8 rings (SSSR count). The number of aryl methyl sites for hydroxylation is 1. The van der Waals surface area contributed by atoms with E-state index >= 15 is 0 Å². The number of aromatic nitrogens is 1. The summed E-state index contributed by atoms with van der Waals surface area (Å²) in [6.45, 7) is 5.25. The number of carbonyl (C=O) groups is 3. The average Bonchev–Trinajstić information content (AvgIpc) is 3.72. The maximum absolute atomic E-state index is 14.9. The van der Waals surface area contributed by atoms with E-state index in [0.29, 0.717) is 54.9 Å². The third-order valence-electron chi connectivity index (χ3n) is 11.6. The molecule has 3 unspecified atom stereocenters. The first kappa shape index (κ1) is 47.8. The van der Waals surface area contributed by atoms with E-state index in [1.807, 2.05) is 66.7 Å². The molecule has 2 amide bonds. The molecule has 348 valence electrons. The number of ether oxygens (including phenoxy) is 4. The number of esters is 1. The van der Waals surface area contributed by atoms with E-state index in [4.69, 9.17) is 53.8 Å². The standard InChI is InChI=1S/C49H45Cl3N4O9S2/c1-5-55(29(3)57)49-54-47(28(2)66-49)67(60,61)56-25-36-24-44-43(64-27-45(65-44)34-13-17-38(18-14-34)63-26-31-8-19-39(51)40(52)20-31)23-35(36)22-42(56)46(58)53-41(48(59)62-4)21-30-6-9-32(10-7-30)33-11-15-37(50)16-12-33/h6-20,23-24,41-42,45H,5,21-22,25-27H2,1-4H3,(H,53,58). The normalized spacial score (nSPS) is 16.1. The van der Waals surface area contributed by atoms with E-state index in [-0.39, 0.29) is 48.6 Å². The van der Waals surface area contributed by atoms with E-state index in [1.54, 1.807) is 50.2 Å². The lowest BCUT2D eigenvalue weighted by molar-refractivity contribution is -0.145. The fourth-order valence-corrected chi connectivity index (χ4v) is 11.4. The SMILES string of the molecule is CCN(C(C)=O)c1nc(S(=O)(=O)N2Cc3cc4c(cc3CC2C(=O)NC(Cc2ccc(-c3ccc(Cl)cc3)cc2)C(=O)OC)OCC(c2ccc(OCc3ccc(Cl)c(Cl)c3)cc2)O4)c(C)s1. The van der Waals surface area contributed by atoms with Gasteiger partial charge in [-0.15, -0.1) is 11.3 Å². The number of benzene rings is 5. The van der Waals surface area contributed by atoms with Crippen LogP contribution < -0.4 is 24.4 Å². The molecule has 2 aliphatic rings. The average molecular weight is 1000 g/mol. The van der Waals surface area contributed by atoms with Crippen LogP contribution in [0.4, 0.5) is 5.13 Å². The highest BCUT2D eigenvalue weighted by Gasteiger charge is 2.44. The monoisotopic (exact) mass is 1000 g/mol. The zero-order chi connectivity index (χ0) is 47.6. The zero-order valence-corrected chi connectivity index (χ0v) is 40.7.